The van der Waals surface area contributed by atoms with E-state index in [2.05, 4.69) is 206 Å². The second-order valence-electron chi connectivity index (χ2n) is 16.7. The Labute approximate surface area is 365 Å². The highest BCUT2D eigenvalue weighted by molar-refractivity contribution is 6.13. The summed E-state index contributed by atoms with van der Waals surface area (Å²) in [5, 5.41) is 2.02. The van der Waals surface area contributed by atoms with E-state index in [1.807, 2.05) is 18.2 Å². The molecule has 0 saturated heterocycles. The average Bonchev–Trinajstić information content (AvgIpc) is 3.99. The maximum atomic E-state index is 6.66. The third kappa shape index (κ3) is 5.12. The Morgan fingerprint density at radius 1 is 0.381 bits per heavy atom. The first-order chi connectivity index (χ1) is 31.2. The molecule has 0 N–H and O–H groups in total. The second kappa shape index (κ2) is 13.7. The molecule has 2 heterocycles. The lowest BCUT2D eigenvalue weighted by Crippen LogP contribution is -2.36. The van der Waals surface area contributed by atoms with Gasteiger partial charge in [-0.2, -0.15) is 0 Å². The van der Waals surface area contributed by atoms with Gasteiger partial charge in [-0.25, -0.2) is 4.57 Å². The Morgan fingerprint density at radius 2 is 0.857 bits per heavy atom. The van der Waals surface area contributed by atoms with E-state index >= 15 is 0 Å². The molecule has 0 saturated carbocycles. The first-order valence-electron chi connectivity index (χ1n) is 21.5. The van der Waals surface area contributed by atoms with Crippen LogP contribution in [0, 0.1) is 0 Å². The fourth-order valence-electron chi connectivity index (χ4n) is 10.7. The van der Waals surface area contributed by atoms with E-state index in [0.717, 1.165) is 61.4 Å². The molecule has 0 amide bonds. The molecule has 13 rings (SSSR count). The fraction of sp³-hybridized carbons (Fsp3) is 0.0339. The van der Waals surface area contributed by atoms with Crippen LogP contribution in [0.4, 0.5) is 0 Å². The van der Waals surface area contributed by atoms with Gasteiger partial charge in [0.25, 0.3) is 11.6 Å². The van der Waals surface area contributed by atoms with Crippen LogP contribution < -0.4 is 4.57 Å². The molecular formula is C59H38N3O+. The van der Waals surface area contributed by atoms with Gasteiger partial charge in [0.2, 0.25) is 0 Å². The summed E-state index contributed by atoms with van der Waals surface area (Å²) in [4.78, 5) is 10.7. The van der Waals surface area contributed by atoms with Gasteiger partial charge in [-0.15, -0.1) is 0 Å². The van der Waals surface area contributed by atoms with Crippen molar-refractivity contribution in [1.29, 1.82) is 0 Å². The Kier molecular flexibility index (Phi) is 7.70. The molecule has 63 heavy (non-hydrogen) atoms. The normalized spacial score (nSPS) is 13.0. The van der Waals surface area contributed by atoms with E-state index in [1.54, 1.807) is 0 Å². The molecule has 11 aromatic rings. The summed E-state index contributed by atoms with van der Waals surface area (Å²) < 4.78 is 8.76. The number of fused-ring (bicyclic) bond motifs is 13. The smallest absolute Gasteiger partial charge is 0.309 e. The monoisotopic (exact) mass is 804 g/mol. The van der Waals surface area contributed by atoms with Gasteiger partial charge in [0.15, 0.2) is 0 Å². The number of furan rings is 1. The van der Waals surface area contributed by atoms with E-state index < -0.39 is 5.41 Å². The van der Waals surface area contributed by atoms with Crippen molar-refractivity contribution >= 4 is 21.9 Å². The zero-order chi connectivity index (χ0) is 41.6. The highest BCUT2D eigenvalue weighted by Crippen LogP contribution is 2.64. The third-order valence-electron chi connectivity index (χ3n) is 13.4. The van der Waals surface area contributed by atoms with Gasteiger partial charge in [0.1, 0.15) is 11.2 Å². The van der Waals surface area contributed by atoms with Crippen molar-refractivity contribution in [3.63, 3.8) is 0 Å². The van der Waals surface area contributed by atoms with Crippen LogP contribution in [0.15, 0.2) is 217 Å². The quantitative estimate of drug-likeness (QED) is 0.163. The maximum absolute atomic E-state index is 6.66. The van der Waals surface area contributed by atoms with Gasteiger partial charge < -0.3 is 4.42 Å². The van der Waals surface area contributed by atoms with Gasteiger partial charge in [-0.05, 0) is 115 Å². The zero-order valence-corrected chi connectivity index (χ0v) is 34.5. The highest BCUT2D eigenvalue weighted by atomic mass is 16.3. The molecule has 0 atom stereocenters. The van der Waals surface area contributed by atoms with Gasteiger partial charge in [0, 0.05) is 10.8 Å². The predicted molar refractivity (Wildman–Crippen MR) is 254 cm³/mol. The number of nitrogens with zero attached hydrogens (tertiary/aromatic N) is 3. The number of rotatable bonds is 5. The van der Waals surface area contributed by atoms with Crippen molar-refractivity contribution in [3.8, 4) is 78.7 Å². The van der Waals surface area contributed by atoms with Crippen molar-refractivity contribution < 1.29 is 8.98 Å². The lowest BCUT2D eigenvalue weighted by molar-refractivity contribution is -0.654. The summed E-state index contributed by atoms with van der Waals surface area (Å²) in [6.45, 7) is 0. The standard InChI is InChI=1S/C59H38N3O/c1-62-57(39-18-6-3-7-19-39)60-56(61-58(62)40-32-30-38(31-33-40)37-16-4-2-5-17-37)46-24-15-29-53-55(46)47-36-41(34-35-52(47)63-53)42-23-14-28-51-54(42)45-22-10-13-27-50(45)59(51)48-25-11-8-20-43(48)44-21-9-12-26-49(44)59/h2-36H,1H3/q+1. The van der Waals surface area contributed by atoms with Crippen molar-refractivity contribution in [3.05, 3.63) is 235 Å². The topological polar surface area (TPSA) is 42.8 Å². The second-order valence-corrected chi connectivity index (χ2v) is 16.7. The minimum Gasteiger partial charge on any atom is -0.456 e. The molecule has 4 nitrogen and oxygen atoms in total. The highest BCUT2D eigenvalue weighted by Gasteiger charge is 2.52. The molecule has 2 aliphatic rings. The minimum absolute atomic E-state index is 0.411. The van der Waals surface area contributed by atoms with Crippen LogP contribution in [0.5, 0.6) is 0 Å². The molecule has 0 fully saturated rings. The number of hydrogen-bond donors (Lipinski definition) is 0. The van der Waals surface area contributed by atoms with E-state index in [4.69, 9.17) is 14.4 Å². The summed E-state index contributed by atoms with van der Waals surface area (Å²) in [5.41, 5.74) is 19.3. The molecule has 0 unspecified atom stereocenters. The first-order valence-corrected chi connectivity index (χ1v) is 21.5. The largest absolute Gasteiger partial charge is 0.456 e. The van der Waals surface area contributed by atoms with Crippen LogP contribution in [0.1, 0.15) is 22.3 Å². The molecule has 4 heteroatoms. The van der Waals surface area contributed by atoms with Crippen LogP contribution in [-0.2, 0) is 12.5 Å². The molecule has 2 aliphatic carbocycles. The summed E-state index contributed by atoms with van der Waals surface area (Å²) in [6.07, 6.45) is 0. The Morgan fingerprint density at radius 3 is 1.54 bits per heavy atom. The molecule has 294 valence electrons. The lowest BCUT2D eigenvalue weighted by atomic mass is 9.70. The van der Waals surface area contributed by atoms with Gasteiger partial charge in [-0.1, -0.05) is 174 Å². The van der Waals surface area contributed by atoms with Crippen molar-refractivity contribution in [2.24, 2.45) is 7.05 Å². The Bertz CT molecular complexity index is 3580. The first kappa shape index (κ1) is 35.5. The van der Waals surface area contributed by atoms with Crippen LogP contribution in [-0.4, -0.2) is 9.97 Å². The average molecular weight is 805 g/mol. The number of hydrogen-bond acceptors (Lipinski definition) is 3. The van der Waals surface area contributed by atoms with Crippen LogP contribution in [0.25, 0.3) is 101 Å². The van der Waals surface area contributed by atoms with E-state index in [9.17, 15) is 0 Å². The molecular weight excluding hydrogens is 767 g/mol. The SMILES string of the molecule is C[n+]1c(-c2ccccc2)nc(-c2cccc3oc4ccc(-c5cccc6c5-c5ccccc5C65c6ccccc6-c6ccccc65)cc4c23)nc1-c1ccc(-c2ccccc2)cc1. The van der Waals surface area contributed by atoms with Crippen LogP contribution in [0.2, 0.25) is 0 Å². The van der Waals surface area contributed by atoms with E-state index in [-0.39, 0.29) is 0 Å². The van der Waals surface area contributed by atoms with Crippen molar-refractivity contribution in [2.45, 2.75) is 5.41 Å². The molecule has 1 spiro atoms. The Hall–Kier alpha value is -8.21. The Balaban J connectivity index is 1.01. The molecule has 0 aliphatic heterocycles. The summed E-state index contributed by atoms with van der Waals surface area (Å²) in [7, 11) is 2.05. The summed E-state index contributed by atoms with van der Waals surface area (Å²) in [6, 6.07) is 76.3. The maximum Gasteiger partial charge on any atom is 0.309 e. The summed E-state index contributed by atoms with van der Waals surface area (Å²) >= 11 is 0. The molecule has 9 aromatic carbocycles. The zero-order valence-electron chi connectivity index (χ0n) is 34.5. The number of benzene rings is 9. The lowest BCUT2D eigenvalue weighted by Gasteiger charge is -2.30. The predicted octanol–water partition coefficient (Wildman–Crippen LogP) is 13.9. The van der Waals surface area contributed by atoms with E-state index in [0.29, 0.717) is 5.82 Å². The molecule has 0 radical (unpaired) electrons. The van der Waals surface area contributed by atoms with Crippen LogP contribution in [0.3, 0.4) is 0 Å². The van der Waals surface area contributed by atoms with Crippen molar-refractivity contribution in [2.75, 3.05) is 0 Å². The fourth-order valence-corrected chi connectivity index (χ4v) is 10.7. The molecule has 0 bridgehead atoms. The number of aromatic nitrogens is 3. The summed E-state index contributed by atoms with van der Waals surface area (Å²) in [5.74, 6) is 2.30. The van der Waals surface area contributed by atoms with E-state index in [1.165, 1.54) is 55.6 Å². The van der Waals surface area contributed by atoms with Crippen LogP contribution >= 0.6 is 0 Å². The minimum atomic E-state index is -0.411. The van der Waals surface area contributed by atoms with Gasteiger partial charge in [-0.3, -0.25) is 0 Å². The van der Waals surface area contributed by atoms with Crippen molar-refractivity contribution in [1.82, 2.24) is 9.97 Å². The third-order valence-corrected chi connectivity index (χ3v) is 13.4. The molecule has 2 aromatic heterocycles. The van der Waals surface area contributed by atoms with Gasteiger partial charge in [0.05, 0.1) is 29.2 Å². The van der Waals surface area contributed by atoms with Gasteiger partial charge >= 0.3 is 5.82 Å².